The number of halogens is 5. The van der Waals surface area contributed by atoms with Gasteiger partial charge in [-0.3, -0.25) is 0 Å². The van der Waals surface area contributed by atoms with Gasteiger partial charge in [-0.05, 0) is 6.07 Å². The zero-order valence-corrected chi connectivity index (χ0v) is 8.33. The van der Waals surface area contributed by atoms with Crippen LogP contribution < -0.4 is 4.74 Å². The molecule has 0 N–H and O–H groups in total. The standard InChI is InChI=1S/C7H4Cl2F3NO/c1-14-6-4(8)2-3(5(9)13-6)7(10,11)12/h2H,1H3. The molecule has 0 saturated carbocycles. The molecule has 1 aromatic heterocycles. The maximum atomic E-state index is 12.2. The van der Waals surface area contributed by atoms with Crippen molar-refractivity contribution < 1.29 is 17.9 Å². The summed E-state index contributed by atoms with van der Waals surface area (Å²) in [6.45, 7) is 0. The van der Waals surface area contributed by atoms with E-state index in [0.29, 0.717) is 6.07 Å². The predicted molar refractivity (Wildman–Crippen MR) is 45.8 cm³/mol. The predicted octanol–water partition coefficient (Wildman–Crippen LogP) is 3.42. The van der Waals surface area contributed by atoms with Gasteiger partial charge in [0.25, 0.3) is 0 Å². The third-order valence-corrected chi connectivity index (χ3v) is 1.95. The topological polar surface area (TPSA) is 22.1 Å². The highest BCUT2D eigenvalue weighted by Gasteiger charge is 2.35. The van der Waals surface area contributed by atoms with Gasteiger partial charge in [-0.15, -0.1) is 0 Å². The maximum Gasteiger partial charge on any atom is 0.419 e. The van der Waals surface area contributed by atoms with Crippen molar-refractivity contribution in [1.82, 2.24) is 4.98 Å². The Hall–Kier alpha value is -0.680. The Bertz CT molecular complexity index is 354. The normalized spacial score (nSPS) is 11.6. The van der Waals surface area contributed by atoms with E-state index >= 15 is 0 Å². The molecular weight excluding hydrogens is 242 g/mol. The van der Waals surface area contributed by atoms with Crippen molar-refractivity contribution in [1.29, 1.82) is 0 Å². The molecule has 0 atom stereocenters. The maximum absolute atomic E-state index is 12.2. The Morgan fingerprint density at radius 2 is 1.93 bits per heavy atom. The monoisotopic (exact) mass is 245 g/mol. The van der Waals surface area contributed by atoms with Gasteiger partial charge < -0.3 is 4.74 Å². The van der Waals surface area contributed by atoms with Crippen molar-refractivity contribution in [2.75, 3.05) is 7.11 Å². The highest BCUT2D eigenvalue weighted by atomic mass is 35.5. The van der Waals surface area contributed by atoms with Crippen LogP contribution in [0.4, 0.5) is 13.2 Å². The number of alkyl halides is 3. The van der Waals surface area contributed by atoms with Crippen LogP contribution in [0.1, 0.15) is 5.56 Å². The second-order valence-corrected chi connectivity index (χ2v) is 3.08. The SMILES string of the molecule is COc1nc(Cl)c(C(F)(F)F)cc1Cl. The van der Waals surface area contributed by atoms with Crippen LogP contribution in [0.25, 0.3) is 0 Å². The minimum atomic E-state index is -4.57. The molecule has 0 radical (unpaired) electrons. The molecule has 1 rings (SSSR count). The number of hydrogen-bond acceptors (Lipinski definition) is 2. The summed E-state index contributed by atoms with van der Waals surface area (Å²) in [5.41, 5.74) is -1.08. The fourth-order valence-corrected chi connectivity index (χ4v) is 1.26. The van der Waals surface area contributed by atoms with Gasteiger partial charge in [-0.2, -0.15) is 18.2 Å². The van der Waals surface area contributed by atoms with Crippen LogP contribution in [0.3, 0.4) is 0 Å². The van der Waals surface area contributed by atoms with Crippen molar-refractivity contribution >= 4 is 23.2 Å². The first-order valence-corrected chi connectivity index (χ1v) is 4.09. The van der Waals surface area contributed by atoms with Crippen LogP contribution in [-0.4, -0.2) is 12.1 Å². The summed E-state index contributed by atoms with van der Waals surface area (Å²) in [6, 6.07) is 0.676. The van der Waals surface area contributed by atoms with E-state index < -0.39 is 16.9 Å². The fourth-order valence-electron chi connectivity index (χ4n) is 0.793. The average Bonchev–Trinajstić information content (AvgIpc) is 2.06. The molecule has 0 aromatic carbocycles. The molecule has 0 fully saturated rings. The van der Waals surface area contributed by atoms with Gasteiger partial charge in [0.15, 0.2) is 0 Å². The number of ether oxygens (including phenoxy) is 1. The van der Waals surface area contributed by atoms with E-state index in [2.05, 4.69) is 9.72 Å². The van der Waals surface area contributed by atoms with E-state index in [1.807, 2.05) is 0 Å². The molecule has 0 bridgehead atoms. The van der Waals surface area contributed by atoms with Gasteiger partial charge in [0.05, 0.1) is 12.7 Å². The lowest BCUT2D eigenvalue weighted by atomic mass is 10.3. The highest BCUT2D eigenvalue weighted by Crippen LogP contribution is 2.37. The smallest absolute Gasteiger partial charge is 0.419 e. The van der Waals surface area contributed by atoms with Crippen molar-refractivity contribution in [3.63, 3.8) is 0 Å². The summed E-state index contributed by atoms with van der Waals surface area (Å²) in [5, 5.41) is -0.914. The molecule has 7 heteroatoms. The van der Waals surface area contributed by atoms with E-state index in [1.54, 1.807) is 0 Å². The van der Waals surface area contributed by atoms with E-state index in [4.69, 9.17) is 23.2 Å². The second-order valence-electron chi connectivity index (χ2n) is 2.32. The minimum absolute atomic E-state index is 0.135. The lowest BCUT2D eigenvalue weighted by Crippen LogP contribution is -2.07. The zero-order valence-electron chi connectivity index (χ0n) is 6.82. The molecule has 0 aliphatic heterocycles. The summed E-state index contributed by atoms with van der Waals surface area (Å²) in [6.07, 6.45) is -4.57. The van der Waals surface area contributed by atoms with E-state index in [9.17, 15) is 13.2 Å². The Morgan fingerprint density at radius 3 is 2.36 bits per heavy atom. The summed E-state index contributed by atoms with van der Waals surface area (Å²) < 4.78 is 41.3. The van der Waals surface area contributed by atoms with Crippen molar-refractivity contribution in [2.45, 2.75) is 6.18 Å². The number of methoxy groups -OCH3 is 1. The highest BCUT2D eigenvalue weighted by molar-refractivity contribution is 6.33. The van der Waals surface area contributed by atoms with Crippen molar-refractivity contribution in [2.24, 2.45) is 0 Å². The molecule has 2 nitrogen and oxygen atoms in total. The zero-order chi connectivity index (χ0) is 10.9. The van der Waals surface area contributed by atoms with E-state index in [-0.39, 0.29) is 10.9 Å². The van der Waals surface area contributed by atoms with E-state index in [0.717, 1.165) is 0 Å². The number of nitrogens with zero attached hydrogens (tertiary/aromatic N) is 1. The lowest BCUT2D eigenvalue weighted by molar-refractivity contribution is -0.137. The number of hydrogen-bond donors (Lipinski definition) is 0. The van der Waals surface area contributed by atoms with Crippen molar-refractivity contribution in [3.8, 4) is 5.88 Å². The van der Waals surface area contributed by atoms with Crippen LogP contribution in [0.2, 0.25) is 10.2 Å². The summed E-state index contributed by atoms with van der Waals surface area (Å²) in [5.74, 6) is -0.135. The molecule has 78 valence electrons. The Balaban J connectivity index is 3.29. The molecule has 14 heavy (non-hydrogen) atoms. The van der Waals surface area contributed by atoms with Crippen LogP contribution >= 0.6 is 23.2 Å². The first-order valence-electron chi connectivity index (χ1n) is 3.33. The van der Waals surface area contributed by atoms with Crippen LogP contribution in [0, 0.1) is 0 Å². The van der Waals surface area contributed by atoms with Crippen LogP contribution in [-0.2, 0) is 6.18 Å². The summed E-state index contributed by atoms with van der Waals surface area (Å²) in [4.78, 5) is 3.35. The largest absolute Gasteiger partial charge is 0.480 e. The van der Waals surface area contributed by atoms with E-state index in [1.165, 1.54) is 7.11 Å². The van der Waals surface area contributed by atoms with Crippen molar-refractivity contribution in [3.05, 3.63) is 21.8 Å². The van der Waals surface area contributed by atoms with Gasteiger partial charge in [0, 0.05) is 0 Å². The lowest BCUT2D eigenvalue weighted by Gasteiger charge is -2.10. The minimum Gasteiger partial charge on any atom is -0.480 e. The Kier molecular flexibility index (Phi) is 3.11. The molecule has 0 aliphatic rings. The first kappa shape index (κ1) is 11.4. The summed E-state index contributed by atoms with van der Waals surface area (Å²) in [7, 11) is 1.23. The van der Waals surface area contributed by atoms with Gasteiger partial charge >= 0.3 is 6.18 Å². The van der Waals surface area contributed by atoms with Gasteiger partial charge in [0.1, 0.15) is 10.2 Å². The first-order chi connectivity index (χ1) is 6.36. The second kappa shape index (κ2) is 3.82. The molecule has 1 aromatic rings. The van der Waals surface area contributed by atoms with Gasteiger partial charge in [0.2, 0.25) is 5.88 Å². The quantitative estimate of drug-likeness (QED) is 0.708. The number of aromatic nitrogens is 1. The third kappa shape index (κ3) is 2.22. The molecular formula is C7H4Cl2F3NO. The summed E-state index contributed by atoms with van der Waals surface area (Å²) >= 11 is 10.8. The van der Waals surface area contributed by atoms with Crippen LogP contribution in [0.15, 0.2) is 6.07 Å². The molecule has 0 aliphatic carbocycles. The molecule has 0 spiro atoms. The average molecular weight is 246 g/mol. The van der Waals surface area contributed by atoms with Gasteiger partial charge in [-0.1, -0.05) is 23.2 Å². The van der Waals surface area contributed by atoms with Crippen LogP contribution in [0.5, 0.6) is 5.88 Å². The number of rotatable bonds is 1. The fraction of sp³-hybridized carbons (Fsp3) is 0.286. The Morgan fingerprint density at radius 1 is 1.36 bits per heavy atom. The molecule has 0 saturated heterocycles. The molecule has 0 unspecified atom stereocenters. The number of pyridine rings is 1. The third-order valence-electron chi connectivity index (χ3n) is 1.40. The van der Waals surface area contributed by atoms with Gasteiger partial charge in [-0.25, -0.2) is 0 Å². The Labute approximate surface area is 87.6 Å². The molecule has 1 heterocycles. The molecule has 0 amide bonds.